The minimum Gasteiger partial charge on any atom is -0.497 e. The third-order valence-electron chi connectivity index (χ3n) is 7.06. The maximum absolute atomic E-state index is 13.3. The van der Waals surface area contributed by atoms with Crippen molar-refractivity contribution in [3.05, 3.63) is 63.6 Å². The van der Waals surface area contributed by atoms with Gasteiger partial charge in [0.1, 0.15) is 16.9 Å². The number of amides is 2. The minimum absolute atomic E-state index is 0.00392. The van der Waals surface area contributed by atoms with Crippen molar-refractivity contribution in [3.8, 4) is 5.75 Å². The molecule has 2 fully saturated rings. The van der Waals surface area contributed by atoms with Gasteiger partial charge in [-0.1, -0.05) is 44.2 Å². The normalized spacial score (nSPS) is 18.8. The first-order valence-corrected chi connectivity index (χ1v) is 13.1. The lowest BCUT2D eigenvalue weighted by atomic mass is 9.96. The van der Waals surface area contributed by atoms with E-state index in [2.05, 4.69) is 10.6 Å². The summed E-state index contributed by atoms with van der Waals surface area (Å²) in [5.41, 5.74) is 0.301. The second kappa shape index (κ2) is 12.7. The summed E-state index contributed by atoms with van der Waals surface area (Å²) < 4.78 is 12.7. The topological polar surface area (TPSA) is 98.7 Å². The van der Waals surface area contributed by atoms with Gasteiger partial charge in [-0.2, -0.15) is 0 Å². The van der Waals surface area contributed by atoms with E-state index in [-0.39, 0.29) is 29.8 Å². The highest BCUT2D eigenvalue weighted by Crippen LogP contribution is 2.18. The molecule has 2 aliphatic rings. The van der Waals surface area contributed by atoms with Crippen molar-refractivity contribution in [2.75, 3.05) is 13.7 Å². The number of aromatic nitrogens is 1. The zero-order valence-electron chi connectivity index (χ0n) is 21.1. The van der Waals surface area contributed by atoms with Gasteiger partial charge in [0.05, 0.1) is 13.2 Å². The fourth-order valence-corrected chi connectivity index (χ4v) is 4.97. The SMILES string of the molecule is COc1ccc(CNC(=O)c2cn(CC3CCCO3)cc(C(=O)NC3CCCCCCC3)c2=O)cc1. The van der Waals surface area contributed by atoms with Crippen LogP contribution in [-0.2, 0) is 17.8 Å². The number of ether oxygens (including phenoxy) is 2. The molecule has 0 bridgehead atoms. The van der Waals surface area contributed by atoms with Gasteiger partial charge in [0.15, 0.2) is 0 Å². The van der Waals surface area contributed by atoms with Gasteiger partial charge >= 0.3 is 0 Å². The van der Waals surface area contributed by atoms with Crippen molar-refractivity contribution in [2.24, 2.45) is 0 Å². The number of carbonyl (C=O) groups excluding carboxylic acids is 2. The Balaban J connectivity index is 1.53. The average Bonchev–Trinajstić information content (AvgIpc) is 3.38. The van der Waals surface area contributed by atoms with Crippen LogP contribution in [0, 0.1) is 0 Å². The number of methoxy groups -OCH3 is 1. The maximum atomic E-state index is 13.3. The Morgan fingerprint density at radius 1 is 0.944 bits per heavy atom. The minimum atomic E-state index is -0.547. The van der Waals surface area contributed by atoms with Crippen molar-refractivity contribution < 1.29 is 19.1 Å². The highest BCUT2D eigenvalue weighted by Gasteiger charge is 2.23. The Kier molecular flexibility index (Phi) is 9.17. The number of pyridine rings is 1. The summed E-state index contributed by atoms with van der Waals surface area (Å²) in [4.78, 5) is 39.6. The highest BCUT2D eigenvalue weighted by atomic mass is 16.5. The summed E-state index contributed by atoms with van der Waals surface area (Å²) in [5, 5.41) is 5.89. The van der Waals surface area contributed by atoms with Crippen LogP contribution in [0.25, 0.3) is 0 Å². The molecule has 1 aliphatic heterocycles. The molecule has 36 heavy (non-hydrogen) atoms. The van der Waals surface area contributed by atoms with Crippen LogP contribution in [0.2, 0.25) is 0 Å². The van der Waals surface area contributed by atoms with Crippen LogP contribution in [0.15, 0.2) is 41.5 Å². The zero-order chi connectivity index (χ0) is 25.3. The lowest BCUT2D eigenvalue weighted by Crippen LogP contribution is -2.40. The number of hydrogen-bond acceptors (Lipinski definition) is 5. The first-order chi connectivity index (χ1) is 17.5. The summed E-state index contributed by atoms with van der Waals surface area (Å²) >= 11 is 0. The molecule has 1 aromatic carbocycles. The Bertz CT molecular complexity index is 1080. The predicted octanol–water partition coefficient (Wildman–Crippen LogP) is 3.81. The molecule has 1 aromatic heterocycles. The summed E-state index contributed by atoms with van der Waals surface area (Å²) in [7, 11) is 1.60. The first kappa shape index (κ1) is 25.9. The summed E-state index contributed by atoms with van der Waals surface area (Å²) in [6.07, 6.45) is 12.6. The molecule has 1 saturated carbocycles. The molecular weight excluding hydrogens is 458 g/mol. The van der Waals surface area contributed by atoms with E-state index < -0.39 is 17.2 Å². The molecule has 0 radical (unpaired) electrons. The van der Waals surface area contributed by atoms with E-state index in [9.17, 15) is 14.4 Å². The summed E-state index contributed by atoms with van der Waals surface area (Å²) in [5.74, 6) is -0.181. The molecule has 4 rings (SSSR count). The monoisotopic (exact) mass is 495 g/mol. The Morgan fingerprint density at radius 3 is 2.25 bits per heavy atom. The summed E-state index contributed by atoms with van der Waals surface area (Å²) in [6, 6.07) is 7.39. The fraction of sp³-hybridized carbons (Fsp3) is 0.536. The molecule has 194 valence electrons. The van der Waals surface area contributed by atoms with Crippen LogP contribution in [0.4, 0.5) is 0 Å². The van der Waals surface area contributed by atoms with Crippen LogP contribution >= 0.6 is 0 Å². The summed E-state index contributed by atoms with van der Waals surface area (Å²) in [6.45, 7) is 1.45. The van der Waals surface area contributed by atoms with Crippen LogP contribution in [0.1, 0.15) is 84.1 Å². The number of nitrogens with one attached hydrogen (secondary N) is 2. The number of rotatable bonds is 8. The van der Waals surface area contributed by atoms with Gasteiger partial charge in [-0.05, 0) is 43.4 Å². The van der Waals surface area contributed by atoms with Gasteiger partial charge in [-0.3, -0.25) is 14.4 Å². The number of carbonyl (C=O) groups is 2. The second-order valence-electron chi connectivity index (χ2n) is 9.79. The molecule has 2 heterocycles. The molecule has 0 spiro atoms. The second-order valence-corrected chi connectivity index (χ2v) is 9.79. The van der Waals surface area contributed by atoms with Gasteiger partial charge in [0.25, 0.3) is 11.8 Å². The predicted molar refractivity (Wildman–Crippen MR) is 137 cm³/mol. The Hall–Kier alpha value is -3.13. The third kappa shape index (κ3) is 6.97. The number of benzene rings is 1. The van der Waals surface area contributed by atoms with Crippen LogP contribution in [0.3, 0.4) is 0 Å². The van der Waals surface area contributed by atoms with Gasteiger partial charge in [-0.25, -0.2) is 0 Å². The molecule has 8 heteroatoms. The molecule has 2 aromatic rings. The highest BCUT2D eigenvalue weighted by molar-refractivity contribution is 5.99. The standard InChI is InChI=1S/C28H37N3O5/c1-35-22-13-11-20(12-14-22)16-29-27(33)24-18-31(17-23-10-7-15-36-23)19-25(26(24)32)28(34)30-21-8-5-3-2-4-6-9-21/h11-14,18-19,21,23H,2-10,15-17H2,1H3,(H,29,33)(H,30,34). The molecule has 1 aliphatic carbocycles. The van der Waals surface area contributed by atoms with Crippen molar-refractivity contribution in [1.29, 1.82) is 0 Å². The Morgan fingerprint density at radius 2 is 1.61 bits per heavy atom. The Labute approximate surface area is 212 Å². The van der Waals surface area contributed by atoms with Crippen molar-refractivity contribution in [1.82, 2.24) is 15.2 Å². The van der Waals surface area contributed by atoms with Crippen molar-refractivity contribution in [2.45, 2.75) is 83.0 Å². The number of hydrogen-bond donors (Lipinski definition) is 2. The van der Waals surface area contributed by atoms with Crippen LogP contribution in [-0.4, -0.2) is 42.2 Å². The average molecular weight is 496 g/mol. The first-order valence-electron chi connectivity index (χ1n) is 13.1. The largest absolute Gasteiger partial charge is 0.497 e. The molecule has 2 N–H and O–H groups in total. The number of nitrogens with zero attached hydrogens (tertiary/aromatic N) is 1. The molecule has 1 unspecified atom stereocenters. The fourth-order valence-electron chi connectivity index (χ4n) is 4.97. The van der Waals surface area contributed by atoms with E-state index in [1.165, 1.54) is 19.3 Å². The smallest absolute Gasteiger partial charge is 0.257 e. The van der Waals surface area contributed by atoms with E-state index in [4.69, 9.17) is 9.47 Å². The molecule has 8 nitrogen and oxygen atoms in total. The van der Waals surface area contributed by atoms with E-state index in [0.717, 1.165) is 49.8 Å². The molecule has 1 atom stereocenters. The van der Waals surface area contributed by atoms with E-state index in [0.29, 0.717) is 13.2 Å². The van der Waals surface area contributed by atoms with Gasteiger partial charge in [0, 0.05) is 38.1 Å². The maximum Gasteiger partial charge on any atom is 0.257 e. The quantitative estimate of drug-likeness (QED) is 0.580. The molecular formula is C28H37N3O5. The van der Waals surface area contributed by atoms with Crippen LogP contribution < -0.4 is 20.8 Å². The zero-order valence-corrected chi connectivity index (χ0v) is 21.1. The van der Waals surface area contributed by atoms with Crippen molar-refractivity contribution >= 4 is 11.8 Å². The van der Waals surface area contributed by atoms with Gasteiger partial charge in [0.2, 0.25) is 5.43 Å². The van der Waals surface area contributed by atoms with Gasteiger partial charge < -0.3 is 24.7 Å². The molecule has 2 amide bonds. The van der Waals surface area contributed by atoms with E-state index >= 15 is 0 Å². The van der Waals surface area contributed by atoms with Crippen molar-refractivity contribution in [3.63, 3.8) is 0 Å². The van der Waals surface area contributed by atoms with Gasteiger partial charge in [-0.15, -0.1) is 0 Å². The van der Waals surface area contributed by atoms with E-state index in [1.54, 1.807) is 24.1 Å². The lowest BCUT2D eigenvalue weighted by molar-refractivity contribution is 0.0914. The molecule has 1 saturated heterocycles. The van der Waals surface area contributed by atoms with Crippen LogP contribution in [0.5, 0.6) is 5.75 Å². The van der Waals surface area contributed by atoms with E-state index in [1.807, 2.05) is 24.3 Å². The lowest BCUT2D eigenvalue weighted by Gasteiger charge is -2.21. The third-order valence-corrected chi connectivity index (χ3v) is 7.06.